The fourth-order valence-electron chi connectivity index (χ4n) is 6.26. The van der Waals surface area contributed by atoms with Gasteiger partial charge in [0, 0.05) is 26.2 Å². The first kappa shape index (κ1) is 26.5. The van der Waals surface area contributed by atoms with Gasteiger partial charge in [0.2, 0.25) is 11.8 Å². The summed E-state index contributed by atoms with van der Waals surface area (Å²) >= 11 is 0. The second kappa shape index (κ2) is 11.3. The minimum absolute atomic E-state index is 0.0101. The van der Waals surface area contributed by atoms with Crippen LogP contribution in [0.4, 0.5) is 0 Å². The number of benzene rings is 3. The molecule has 2 aliphatic rings. The molecule has 7 heteroatoms. The number of rotatable bonds is 6. The van der Waals surface area contributed by atoms with Crippen LogP contribution >= 0.6 is 0 Å². The normalized spacial score (nSPS) is 21.0. The van der Waals surface area contributed by atoms with Crippen LogP contribution < -0.4 is 15.4 Å². The standard InChI is InChI=1S/C32H35N3O4/c1-33-31(38)32(22-10-4-3-5-11-22)19-16-25(24-12-6-8-14-27(24)32)30(37)35-20-17-23(18-21-35)34-29(36)26-13-7-9-15-28(26)39-2/h3-15,23,25H,16-21H2,1-2H3,(H,33,38)(H,34,36)/t25-,32+/m0/s1. The van der Waals surface area contributed by atoms with Crippen LogP contribution in [-0.4, -0.2) is 55.9 Å². The molecule has 1 aliphatic heterocycles. The summed E-state index contributed by atoms with van der Waals surface area (Å²) in [5.41, 5.74) is 2.44. The first-order valence-electron chi connectivity index (χ1n) is 13.6. The summed E-state index contributed by atoms with van der Waals surface area (Å²) in [6, 6.07) is 24.9. The highest BCUT2D eigenvalue weighted by molar-refractivity contribution is 5.97. The Hall–Kier alpha value is -4.13. The summed E-state index contributed by atoms with van der Waals surface area (Å²) in [7, 11) is 3.22. The van der Waals surface area contributed by atoms with Crippen molar-refractivity contribution in [3.63, 3.8) is 0 Å². The van der Waals surface area contributed by atoms with Gasteiger partial charge in [-0.3, -0.25) is 14.4 Å². The molecule has 3 aromatic rings. The van der Waals surface area contributed by atoms with Crippen molar-refractivity contribution in [1.29, 1.82) is 0 Å². The number of methoxy groups -OCH3 is 1. The van der Waals surface area contributed by atoms with E-state index in [0.29, 0.717) is 50.1 Å². The van der Waals surface area contributed by atoms with Crippen molar-refractivity contribution in [1.82, 2.24) is 15.5 Å². The number of hydrogen-bond acceptors (Lipinski definition) is 4. The topological polar surface area (TPSA) is 87.7 Å². The van der Waals surface area contributed by atoms with Gasteiger partial charge in [0.05, 0.1) is 24.0 Å². The molecule has 0 aromatic heterocycles. The van der Waals surface area contributed by atoms with E-state index >= 15 is 0 Å². The zero-order chi connectivity index (χ0) is 27.4. The highest BCUT2D eigenvalue weighted by Crippen LogP contribution is 2.47. The van der Waals surface area contributed by atoms with Gasteiger partial charge in [0.15, 0.2) is 0 Å². The molecule has 7 nitrogen and oxygen atoms in total. The average molecular weight is 526 g/mol. The fourth-order valence-corrected chi connectivity index (χ4v) is 6.26. The summed E-state index contributed by atoms with van der Waals surface area (Å²) in [4.78, 5) is 42.1. The number of nitrogens with one attached hydrogen (secondary N) is 2. The molecule has 0 radical (unpaired) electrons. The van der Waals surface area contributed by atoms with Gasteiger partial charge in [0.1, 0.15) is 5.75 Å². The minimum atomic E-state index is -0.834. The van der Waals surface area contributed by atoms with Crippen LogP contribution in [0.25, 0.3) is 0 Å². The number of hydrogen-bond donors (Lipinski definition) is 2. The largest absolute Gasteiger partial charge is 0.496 e. The summed E-state index contributed by atoms with van der Waals surface area (Å²) in [5.74, 6) is 0.114. The molecule has 0 saturated carbocycles. The summed E-state index contributed by atoms with van der Waals surface area (Å²) in [6.45, 7) is 1.15. The van der Waals surface area contributed by atoms with E-state index in [-0.39, 0.29) is 29.7 Å². The van der Waals surface area contributed by atoms with Crippen molar-refractivity contribution in [2.75, 3.05) is 27.2 Å². The van der Waals surface area contributed by atoms with Gasteiger partial charge >= 0.3 is 0 Å². The van der Waals surface area contributed by atoms with Crippen LogP contribution in [0.15, 0.2) is 78.9 Å². The van der Waals surface area contributed by atoms with Gasteiger partial charge in [0.25, 0.3) is 5.91 Å². The third kappa shape index (κ3) is 4.89. The molecule has 1 heterocycles. The molecule has 0 spiro atoms. The van der Waals surface area contributed by atoms with Crippen molar-refractivity contribution in [3.8, 4) is 5.75 Å². The molecule has 0 unspecified atom stereocenters. The number of ether oxygens (including phenoxy) is 1. The second-order valence-electron chi connectivity index (χ2n) is 10.3. The SMILES string of the molecule is CNC(=O)[C@@]1(c2ccccc2)CC[C@H](C(=O)N2CCC(NC(=O)c3ccccc3OC)CC2)c2ccccc21. The maximum atomic E-state index is 13.9. The van der Waals surface area contributed by atoms with E-state index in [1.807, 2.05) is 71.6 Å². The van der Waals surface area contributed by atoms with E-state index in [9.17, 15) is 14.4 Å². The van der Waals surface area contributed by atoms with Crippen molar-refractivity contribution < 1.29 is 19.1 Å². The quantitative estimate of drug-likeness (QED) is 0.509. The lowest BCUT2D eigenvalue weighted by atomic mass is 9.62. The van der Waals surface area contributed by atoms with Crippen LogP contribution in [0.1, 0.15) is 58.6 Å². The Labute approximate surface area is 229 Å². The molecule has 39 heavy (non-hydrogen) atoms. The molecule has 5 rings (SSSR count). The van der Waals surface area contributed by atoms with Gasteiger partial charge in [-0.05, 0) is 54.5 Å². The number of likely N-dealkylation sites (tertiary alicyclic amines) is 1. The third-order valence-electron chi connectivity index (χ3n) is 8.28. The van der Waals surface area contributed by atoms with Gasteiger partial charge < -0.3 is 20.3 Å². The Balaban J connectivity index is 1.32. The molecule has 1 aliphatic carbocycles. The minimum Gasteiger partial charge on any atom is -0.496 e. The van der Waals surface area contributed by atoms with E-state index in [0.717, 1.165) is 16.7 Å². The lowest BCUT2D eigenvalue weighted by Crippen LogP contribution is -2.50. The monoisotopic (exact) mass is 525 g/mol. The molecule has 1 saturated heterocycles. The number of fused-ring (bicyclic) bond motifs is 1. The highest BCUT2D eigenvalue weighted by atomic mass is 16.5. The molecule has 0 bridgehead atoms. The van der Waals surface area contributed by atoms with Crippen LogP contribution in [0, 0.1) is 0 Å². The Morgan fingerprint density at radius 3 is 2.26 bits per heavy atom. The molecule has 3 amide bonds. The van der Waals surface area contributed by atoms with Crippen molar-refractivity contribution in [2.24, 2.45) is 0 Å². The second-order valence-corrected chi connectivity index (χ2v) is 10.3. The molecule has 2 atom stereocenters. The zero-order valence-corrected chi connectivity index (χ0v) is 22.5. The molecule has 1 fully saturated rings. The number of carbonyl (C=O) groups excluding carboxylic acids is 3. The van der Waals surface area contributed by atoms with E-state index < -0.39 is 5.41 Å². The first-order chi connectivity index (χ1) is 19.0. The van der Waals surface area contributed by atoms with Gasteiger partial charge in [-0.15, -0.1) is 0 Å². The van der Waals surface area contributed by atoms with Crippen molar-refractivity contribution in [3.05, 3.63) is 101 Å². The van der Waals surface area contributed by atoms with Crippen LogP contribution in [0.5, 0.6) is 5.75 Å². The summed E-state index contributed by atoms with van der Waals surface area (Å²) < 4.78 is 5.33. The number of nitrogens with zero attached hydrogens (tertiary/aromatic N) is 1. The van der Waals surface area contributed by atoms with Gasteiger partial charge in [-0.2, -0.15) is 0 Å². The predicted molar refractivity (Wildman–Crippen MR) is 150 cm³/mol. The van der Waals surface area contributed by atoms with E-state index in [1.54, 1.807) is 26.3 Å². The summed E-state index contributed by atoms with van der Waals surface area (Å²) in [5, 5.41) is 6.00. The fraction of sp³-hybridized carbons (Fsp3) is 0.344. The maximum absolute atomic E-state index is 13.9. The first-order valence-corrected chi connectivity index (χ1v) is 13.6. The van der Waals surface area contributed by atoms with Crippen molar-refractivity contribution in [2.45, 2.75) is 43.1 Å². The van der Waals surface area contributed by atoms with E-state index in [1.165, 1.54) is 0 Å². The number of likely N-dealkylation sites (N-methyl/N-ethyl adjacent to an activating group) is 1. The maximum Gasteiger partial charge on any atom is 0.255 e. The number of amides is 3. The van der Waals surface area contributed by atoms with Crippen LogP contribution in [-0.2, 0) is 15.0 Å². The number of carbonyl (C=O) groups is 3. The Morgan fingerprint density at radius 1 is 0.872 bits per heavy atom. The molecular weight excluding hydrogens is 490 g/mol. The number of para-hydroxylation sites is 1. The van der Waals surface area contributed by atoms with Crippen LogP contribution in [0.2, 0.25) is 0 Å². The van der Waals surface area contributed by atoms with E-state index in [2.05, 4.69) is 10.6 Å². The highest BCUT2D eigenvalue weighted by Gasteiger charge is 2.48. The van der Waals surface area contributed by atoms with Crippen molar-refractivity contribution >= 4 is 17.7 Å². The molecule has 2 N–H and O–H groups in total. The third-order valence-corrected chi connectivity index (χ3v) is 8.28. The van der Waals surface area contributed by atoms with Gasteiger partial charge in [-0.1, -0.05) is 66.7 Å². The Kier molecular flexibility index (Phi) is 7.68. The number of piperidine rings is 1. The summed E-state index contributed by atoms with van der Waals surface area (Å²) in [6.07, 6.45) is 2.51. The Bertz CT molecular complexity index is 1350. The predicted octanol–water partition coefficient (Wildman–Crippen LogP) is 4.03. The smallest absolute Gasteiger partial charge is 0.255 e. The molecule has 202 valence electrons. The van der Waals surface area contributed by atoms with Gasteiger partial charge in [-0.25, -0.2) is 0 Å². The van der Waals surface area contributed by atoms with E-state index in [4.69, 9.17) is 4.74 Å². The molecular formula is C32H35N3O4. The lowest BCUT2D eigenvalue weighted by Gasteiger charge is -2.42. The molecule has 3 aromatic carbocycles. The lowest BCUT2D eigenvalue weighted by molar-refractivity contribution is -0.135. The zero-order valence-electron chi connectivity index (χ0n) is 22.5. The average Bonchev–Trinajstić information content (AvgIpc) is 3.00. The Morgan fingerprint density at radius 2 is 1.54 bits per heavy atom. The van der Waals surface area contributed by atoms with Crippen LogP contribution in [0.3, 0.4) is 0 Å².